The highest BCUT2D eigenvalue weighted by Gasteiger charge is 2.11. The molecule has 0 amide bonds. The molecule has 2 aromatic rings. The maximum absolute atomic E-state index is 10.5. The first kappa shape index (κ1) is 11.8. The van der Waals surface area contributed by atoms with Crippen LogP contribution in [-0.4, -0.2) is 4.92 Å². The van der Waals surface area contributed by atoms with E-state index in [0.717, 1.165) is 22.7 Å². The molecule has 0 saturated heterocycles. The maximum atomic E-state index is 10.5. The zero-order chi connectivity index (χ0) is 12.3. The highest BCUT2D eigenvalue weighted by Crippen LogP contribution is 2.23. The Hall–Kier alpha value is -1.66. The SMILES string of the molecule is CC(NCc1csc([N+](=O)[O-])c1)c1ccco1. The molecule has 1 unspecified atom stereocenters. The van der Waals surface area contributed by atoms with Crippen LogP contribution in [0.2, 0.25) is 0 Å². The van der Waals surface area contributed by atoms with Gasteiger partial charge in [0.05, 0.1) is 17.2 Å². The van der Waals surface area contributed by atoms with Gasteiger partial charge in [0.15, 0.2) is 0 Å². The minimum absolute atomic E-state index is 0.0870. The summed E-state index contributed by atoms with van der Waals surface area (Å²) in [6.45, 7) is 2.58. The van der Waals surface area contributed by atoms with Gasteiger partial charge >= 0.3 is 5.00 Å². The summed E-state index contributed by atoms with van der Waals surface area (Å²) in [5.41, 5.74) is 0.917. The molecule has 90 valence electrons. The van der Waals surface area contributed by atoms with E-state index in [2.05, 4.69) is 5.32 Å². The van der Waals surface area contributed by atoms with Crippen molar-refractivity contribution in [1.29, 1.82) is 0 Å². The Labute approximate surface area is 102 Å². The number of furan rings is 1. The van der Waals surface area contributed by atoms with Crippen LogP contribution < -0.4 is 5.32 Å². The summed E-state index contributed by atoms with van der Waals surface area (Å²) < 4.78 is 5.26. The lowest BCUT2D eigenvalue weighted by Crippen LogP contribution is -2.17. The molecule has 0 radical (unpaired) electrons. The van der Waals surface area contributed by atoms with Crippen molar-refractivity contribution in [2.75, 3.05) is 0 Å². The van der Waals surface area contributed by atoms with Crippen molar-refractivity contribution >= 4 is 16.3 Å². The fraction of sp³-hybridized carbons (Fsp3) is 0.273. The second-order valence-electron chi connectivity index (χ2n) is 3.67. The summed E-state index contributed by atoms with van der Waals surface area (Å²) >= 11 is 1.14. The highest BCUT2D eigenvalue weighted by atomic mass is 32.1. The lowest BCUT2D eigenvalue weighted by Gasteiger charge is -2.09. The quantitative estimate of drug-likeness (QED) is 0.655. The van der Waals surface area contributed by atoms with Gasteiger partial charge in [-0.1, -0.05) is 11.3 Å². The number of nitrogens with zero attached hydrogens (tertiary/aromatic N) is 1. The van der Waals surface area contributed by atoms with Crippen molar-refractivity contribution in [3.63, 3.8) is 0 Å². The first-order valence-corrected chi connectivity index (χ1v) is 6.03. The molecule has 5 nitrogen and oxygen atoms in total. The zero-order valence-corrected chi connectivity index (χ0v) is 10.1. The van der Waals surface area contributed by atoms with Crippen molar-refractivity contribution in [3.05, 3.63) is 51.3 Å². The summed E-state index contributed by atoms with van der Waals surface area (Å²) in [7, 11) is 0. The second-order valence-corrected chi connectivity index (χ2v) is 4.56. The Kier molecular flexibility index (Phi) is 3.55. The first-order valence-electron chi connectivity index (χ1n) is 5.15. The van der Waals surface area contributed by atoms with Crippen LogP contribution in [0.4, 0.5) is 5.00 Å². The van der Waals surface area contributed by atoms with E-state index in [1.165, 1.54) is 0 Å². The molecule has 0 saturated carbocycles. The van der Waals surface area contributed by atoms with Crippen molar-refractivity contribution in [2.45, 2.75) is 19.5 Å². The van der Waals surface area contributed by atoms with Crippen LogP contribution in [0.1, 0.15) is 24.3 Å². The van der Waals surface area contributed by atoms with Crippen LogP contribution in [0, 0.1) is 10.1 Å². The minimum Gasteiger partial charge on any atom is -0.468 e. The summed E-state index contributed by atoms with van der Waals surface area (Å²) in [6, 6.07) is 5.41. The van der Waals surface area contributed by atoms with Gasteiger partial charge in [-0.05, 0) is 24.6 Å². The average molecular weight is 252 g/mol. The van der Waals surface area contributed by atoms with Crippen LogP contribution >= 0.6 is 11.3 Å². The third-order valence-electron chi connectivity index (χ3n) is 2.40. The van der Waals surface area contributed by atoms with Gasteiger partial charge < -0.3 is 9.73 Å². The molecule has 0 aliphatic carbocycles. The van der Waals surface area contributed by atoms with E-state index in [9.17, 15) is 10.1 Å². The second kappa shape index (κ2) is 5.11. The lowest BCUT2D eigenvalue weighted by molar-refractivity contribution is -0.380. The van der Waals surface area contributed by atoms with Crippen LogP contribution in [-0.2, 0) is 6.54 Å². The van der Waals surface area contributed by atoms with E-state index in [0.29, 0.717) is 6.54 Å². The number of thiophene rings is 1. The Morgan fingerprint density at radius 3 is 3.06 bits per heavy atom. The monoisotopic (exact) mass is 252 g/mol. The van der Waals surface area contributed by atoms with Crippen molar-refractivity contribution in [1.82, 2.24) is 5.32 Å². The zero-order valence-electron chi connectivity index (χ0n) is 9.25. The first-order chi connectivity index (χ1) is 8.16. The molecule has 2 heterocycles. The molecule has 0 spiro atoms. The van der Waals surface area contributed by atoms with Crippen molar-refractivity contribution in [2.24, 2.45) is 0 Å². The van der Waals surface area contributed by atoms with Gasteiger partial charge in [0.2, 0.25) is 0 Å². The van der Waals surface area contributed by atoms with Gasteiger partial charge in [0, 0.05) is 18.0 Å². The van der Waals surface area contributed by atoms with Gasteiger partial charge in [-0.3, -0.25) is 10.1 Å². The van der Waals surface area contributed by atoms with Crippen LogP contribution in [0.15, 0.2) is 34.3 Å². The molecule has 0 aliphatic rings. The van der Waals surface area contributed by atoms with E-state index in [4.69, 9.17) is 4.42 Å². The number of hydrogen-bond acceptors (Lipinski definition) is 5. The molecule has 2 rings (SSSR count). The Balaban J connectivity index is 1.91. The number of rotatable bonds is 5. The van der Waals surface area contributed by atoms with Crippen LogP contribution in [0.25, 0.3) is 0 Å². The minimum atomic E-state index is -0.371. The molecule has 0 aromatic carbocycles. The molecule has 1 atom stereocenters. The van der Waals surface area contributed by atoms with E-state index >= 15 is 0 Å². The fourth-order valence-corrected chi connectivity index (χ4v) is 2.19. The van der Waals surface area contributed by atoms with E-state index in [1.807, 2.05) is 19.1 Å². The summed E-state index contributed by atoms with van der Waals surface area (Å²) in [5.74, 6) is 0.856. The normalized spacial score (nSPS) is 12.5. The molecular formula is C11H12N2O3S. The topological polar surface area (TPSA) is 68.3 Å². The Bertz CT molecular complexity index is 493. The summed E-state index contributed by atoms with van der Waals surface area (Å²) in [4.78, 5) is 10.1. The molecule has 6 heteroatoms. The molecule has 0 aliphatic heterocycles. The van der Waals surface area contributed by atoms with Gasteiger partial charge in [-0.2, -0.15) is 0 Å². The molecule has 1 N–H and O–H groups in total. The van der Waals surface area contributed by atoms with E-state index in [-0.39, 0.29) is 16.0 Å². The van der Waals surface area contributed by atoms with Gasteiger partial charge in [-0.25, -0.2) is 0 Å². The molecule has 17 heavy (non-hydrogen) atoms. The van der Waals surface area contributed by atoms with Crippen molar-refractivity contribution in [3.8, 4) is 0 Å². The Morgan fingerprint density at radius 2 is 2.47 bits per heavy atom. The van der Waals surface area contributed by atoms with Gasteiger partial charge in [-0.15, -0.1) is 0 Å². The van der Waals surface area contributed by atoms with E-state index < -0.39 is 0 Å². The lowest BCUT2D eigenvalue weighted by atomic mass is 10.2. The molecule has 2 aromatic heterocycles. The third-order valence-corrected chi connectivity index (χ3v) is 3.33. The molecular weight excluding hydrogens is 240 g/mol. The van der Waals surface area contributed by atoms with Gasteiger partial charge in [0.25, 0.3) is 0 Å². The van der Waals surface area contributed by atoms with E-state index in [1.54, 1.807) is 17.7 Å². The predicted octanol–water partition coefficient (Wildman–Crippen LogP) is 3.10. The highest BCUT2D eigenvalue weighted by molar-refractivity contribution is 7.13. The number of nitrogens with one attached hydrogen (secondary N) is 1. The Morgan fingerprint density at radius 1 is 1.65 bits per heavy atom. The number of nitro groups is 1. The maximum Gasteiger partial charge on any atom is 0.324 e. The fourth-order valence-electron chi connectivity index (χ4n) is 1.46. The van der Waals surface area contributed by atoms with Gasteiger partial charge in [0.1, 0.15) is 5.76 Å². The summed E-state index contributed by atoms with van der Waals surface area (Å²) in [5, 5.41) is 15.7. The summed E-state index contributed by atoms with van der Waals surface area (Å²) in [6.07, 6.45) is 1.63. The van der Waals surface area contributed by atoms with Crippen LogP contribution in [0.5, 0.6) is 0 Å². The molecule has 0 fully saturated rings. The third kappa shape index (κ3) is 2.92. The molecule has 0 bridgehead atoms. The average Bonchev–Trinajstić information content (AvgIpc) is 2.97. The number of hydrogen-bond donors (Lipinski definition) is 1. The smallest absolute Gasteiger partial charge is 0.324 e. The van der Waals surface area contributed by atoms with Crippen molar-refractivity contribution < 1.29 is 9.34 Å². The largest absolute Gasteiger partial charge is 0.468 e. The van der Waals surface area contributed by atoms with Crippen LogP contribution in [0.3, 0.4) is 0 Å². The predicted molar refractivity (Wildman–Crippen MR) is 64.9 cm³/mol. The standard InChI is InChI=1S/C11H12N2O3S/c1-8(10-3-2-4-16-10)12-6-9-5-11(13(14)15)17-7-9/h2-5,7-8,12H,6H2,1H3.